The summed E-state index contributed by atoms with van der Waals surface area (Å²) < 4.78 is 8.30. The first-order chi connectivity index (χ1) is 10.5. The first-order valence-electron chi connectivity index (χ1n) is 6.98. The Balaban J connectivity index is 2.11. The highest BCUT2D eigenvalue weighted by Crippen LogP contribution is 2.23. The Morgan fingerprint density at radius 2 is 1.82 bits per heavy atom. The van der Waals surface area contributed by atoms with Crippen molar-refractivity contribution < 1.29 is 9.53 Å². The summed E-state index contributed by atoms with van der Waals surface area (Å²) in [6.07, 6.45) is 4.54. The van der Waals surface area contributed by atoms with Crippen LogP contribution in [0.15, 0.2) is 33.4 Å². The molecule has 0 amide bonds. The molecule has 0 radical (unpaired) electrons. The number of fused-ring (bicyclic) bond motifs is 1. The number of rotatable bonds is 2. The smallest absolute Gasteiger partial charge is 0.294 e. The minimum Gasteiger partial charge on any atom is -0.493 e. The number of nitrogens with two attached hydrogens (primary N) is 2. The number of aliphatic imine (C=N–C) groups is 1. The van der Waals surface area contributed by atoms with Gasteiger partial charge in [0.05, 0.1) is 18.5 Å². The number of methoxy groups -OCH3 is 1. The van der Waals surface area contributed by atoms with Crippen LogP contribution in [0.5, 0.6) is 0 Å². The Bertz CT molecular complexity index is 794. The second-order valence-corrected chi connectivity index (χ2v) is 5.17. The van der Waals surface area contributed by atoms with Crippen LogP contribution in [0.3, 0.4) is 0 Å². The van der Waals surface area contributed by atoms with E-state index in [-0.39, 0.29) is 28.5 Å². The highest BCUT2D eigenvalue weighted by molar-refractivity contribution is 6.21. The molecule has 0 aromatic carbocycles. The summed E-state index contributed by atoms with van der Waals surface area (Å²) in [4.78, 5) is 28.3. The van der Waals surface area contributed by atoms with E-state index < -0.39 is 0 Å². The molecule has 2 aliphatic rings. The van der Waals surface area contributed by atoms with E-state index in [1.165, 1.54) is 19.3 Å². The van der Waals surface area contributed by atoms with Crippen molar-refractivity contribution in [1.29, 1.82) is 0 Å². The summed E-state index contributed by atoms with van der Waals surface area (Å²) in [6.45, 7) is 1.31. The number of hydrogen-bond donors (Lipinski definition) is 2. The van der Waals surface area contributed by atoms with E-state index in [1.807, 2.05) is 0 Å². The summed E-state index contributed by atoms with van der Waals surface area (Å²) in [5, 5.41) is 0. The average Bonchev–Trinajstić information content (AvgIpc) is 2.75. The quantitative estimate of drug-likeness (QED) is 0.749. The minimum atomic E-state index is -0.334. The second-order valence-electron chi connectivity index (χ2n) is 5.17. The fourth-order valence-corrected chi connectivity index (χ4v) is 2.63. The molecule has 4 N–H and O–H groups in total. The number of carbonyl (C=O) groups excluding carboxylic acids is 1. The zero-order valence-electron chi connectivity index (χ0n) is 12.2. The van der Waals surface area contributed by atoms with Gasteiger partial charge in [-0.1, -0.05) is 0 Å². The van der Waals surface area contributed by atoms with Crippen molar-refractivity contribution in [3.8, 4) is 0 Å². The van der Waals surface area contributed by atoms with E-state index in [2.05, 4.69) is 4.99 Å². The number of allylic oxidation sites excluding steroid dienone is 2. The Labute approximate surface area is 126 Å². The number of ether oxygens (including phenoxy) is 1. The van der Waals surface area contributed by atoms with E-state index >= 15 is 0 Å². The molecule has 0 bridgehead atoms. The molecule has 3 rings (SSSR count). The number of carbonyl (C=O) groups is 1. The molecule has 1 aromatic rings. The third-order valence-corrected chi connectivity index (χ3v) is 3.78. The Kier molecular flexibility index (Phi) is 3.36. The van der Waals surface area contributed by atoms with Gasteiger partial charge in [0.2, 0.25) is 5.78 Å². The van der Waals surface area contributed by atoms with Crippen LogP contribution in [-0.4, -0.2) is 28.0 Å². The first-order valence-corrected chi connectivity index (χ1v) is 6.98. The van der Waals surface area contributed by atoms with Gasteiger partial charge in [0.15, 0.2) is 17.3 Å². The predicted molar refractivity (Wildman–Crippen MR) is 81.8 cm³/mol. The van der Waals surface area contributed by atoms with Gasteiger partial charge in [-0.3, -0.25) is 14.3 Å². The van der Waals surface area contributed by atoms with Crippen LogP contribution in [-0.2, 0) is 22.6 Å². The van der Waals surface area contributed by atoms with Crippen LogP contribution in [0.1, 0.15) is 12.8 Å². The van der Waals surface area contributed by atoms with Gasteiger partial charge in [0.1, 0.15) is 0 Å². The third kappa shape index (κ3) is 2.12. The van der Waals surface area contributed by atoms with E-state index in [9.17, 15) is 9.59 Å². The summed E-state index contributed by atoms with van der Waals surface area (Å²) in [7, 11) is 1.39. The molecule has 22 heavy (non-hydrogen) atoms. The lowest BCUT2D eigenvalue weighted by Crippen LogP contribution is -2.27. The van der Waals surface area contributed by atoms with Gasteiger partial charge in [0.25, 0.3) is 5.56 Å². The molecule has 0 spiro atoms. The predicted octanol–water partition coefficient (Wildman–Crippen LogP) is 0.0539. The summed E-state index contributed by atoms with van der Waals surface area (Å²) in [6, 6.07) is 0. The van der Waals surface area contributed by atoms with Gasteiger partial charge in [0, 0.05) is 25.2 Å². The number of ketones is 1. The van der Waals surface area contributed by atoms with Crippen molar-refractivity contribution in [1.82, 2.24) is 9.36 Å². The summed E-state index contributed by atoms with van der Waals surface area (Å²) in [5.74, 6) is 0.102. The minimum absolute atomic E-state index is 0.121. The average molecular weight is 303 g/mol. The van der Waals surface area contributed by atoms with Gasteiger partial charge in [-0.2, -0.15) is 0 Å². The standard InChI is InChI=1S/C14H17N5O3/c1-22-11-7-9(8(15)6-10(11)20)17-12-13(16)18-4-2-3-5-19(18)14(12)21/h6-7H,2-5,15-16H2,1H3. The summed E-state index contributed by atoms with van der Waals surface area (Å²) >= 11 is 0. The van der Waals surface area contributed by atoms with Crippen LogP contribution in [0.25, 0.3) is 0 Å². The molecule has 8 heteroatoms. The normalized spacial score (nSPS) is 19.7. The second kappa shape index (κ2) is 5.21. The number of anilines is 1. The molecule has 0 saturated carbocycles. The van der Waals surface area contributed by atoms with E-state index in [4.69, 9.17) is 16.2 Å². The number of hydrogen-bond acceptors (Lipinski definition) is 6. The zero-order chi connectivity index (χ0) is 15.9. The zero-order valence-corrected chi connectivity index (χ0v) is 12.2. The van der Waals surface area contributed by atoms with E-state index in [0.29, 0.717) is 24.6 Å². The van der Waals surface area contributed by atoms with Crippen molar-refractivity contribution in [2.45, 2.75) is 25.9 Å². The van der Waals surface area contributed by atoms with Gasteiger partial charge in [-0.05, 0) is 12.8 Å². The largest absolute Gasteiger partial charge is 0.493 e. The lowest BCUT2D eigenvalue weighted by molar-refractivity contribution is -0.114. The van der Waals surface area contributed by atoms with Gasteiger partial charge in [-0.15, -0.1) is 0 Å². The molecule has 0 atom stereocenters. The molecule has 8 nitrogen and oxygen atoms in total. The fourth-order valence-electron chi connectivity index (χ4n) is 2.63. The molecule has 2 heterocycles. The molecule has 0 fully saturated rings. The van der Waals surface area contributed by atoms with Gasteiger partial charge >= 0.3 is 0 Å². The molecular formula is C14H17N5O3. The van der Waals surface area contributed by atoms with Crippen molar-refractivity contribution in [3.63, 3.8) is 0 Å². The van der Waals surface area contributed by atoms with Crippen molar-refractivity contribution in [2.24, 2.45) is 10.7 Å². The first kappa shape index (κ1) is 14.2. The van der Waals surface area contributed by atoms with E-state index in [0.717, 1.165) is 12.8 Å². The Morgan fingerprint density at radius 1 is 1.14 bits per heavy atom. The van der Waals surface area contributed by atoms with Crippen molar-refractivity contribution >= 4 is 23.0 Å². The van der Waals surface area contributed by atoms with Gasteiger partial charge in [-0.25, -0.2) is 9.67 Å². The van der Waals surface area contributed by atoms with Crippen molar-refractivity contribution in [2.75, 3.05) is 12.8 Å². The highest BCUT2D eigenvalue weighted by Gasteiger charge is 2.22. The van der Waals surface area contributed by atoms with Gasteiger partial charge < -0.3 is 16.2 Å². The molecule has 1 aliphatic carbocycles. The highest BCUT2D eigenvalue weighted by atomic mass is 16.5. The maximum atomic E-state index is 12.4. The third-order valence-electron chi connectivity index (χ3n) is 3.78. The van der Waals surface area contributed by atoms with E-state index in [1.54, 1.807) is 9.36 Å². The Morgan fingerprint density at radius 3 is 2.45 bits per heavy atom. The molecule has 1 aromatic heterocycles. The molecule has 1 aliphatic heterocycles. The van der Waals surface area contributed by atoms with Crippen LogP contribution < -0.4 is 17.0 Å². The van der Waals surface area contributed by atoms with Crippen LogP contribution in [0.2, 0.25) is 0 Å². The number of aromatic nitrogens is 2. The lowest BCUT2D eigenvalue weighted by Gasteiger charge is -2.17. The summed E-state index contributed by atoms with van der Waals surface area (Å²) in [5.41, 5.74) is 12.2. The SMILES string of the molecule is COC1=CC(=Nc2c(N)n3n(c2=O)CCCC3)C(N)=CC1=O. The lowest BCUT2D eigenvalue weighted by atomic mass is 10.1. The molecule has 0 unspecified atom stereocenters. The topological polar surface area (TPSA) is 118 Å². The maximum Gasteiger partial charge on any atom is 0.294 e. The fraction of sp³-hybridized carbons (Fsp3) is 0.357. The van der Waals surface area contributed by atoms with Crippen LogP contribution >= 0.6 is 0 Å². The monoisotopic (exact) mass is 303 g/mol. The Hall–Kier alpha value is -2.77. The van der Waals surface area contributed by atoms with Crippen LogP contribution in [0, 0.1) is 0 Å². The number of nitrogen functional groups attached to an aromatic ring is 1. The van der Waals surface area contributed by atoms with Crippen molar-refractivity contribution in [3.05, 3.63) is 34.0 Å². The molecule has 0 saturated heterocycles. The number of nitrogens with zero attached hydrogens (tertiary/aromatic N) is 3. The maximum absolute atomic E-state index is 12.4. The molecular weight excluding hydrogens is 286 g/mol. The molecule has 116 valence electrons. The van der Waals surface area contributed by atoms with Crippen LogP contribution in [0.4, 0.5) is 11.5 Å².